The van der Waals surface area contributed by atoms with Crippen LogP contribution in [0.4, 0.5) is 10.1 Å². The number of benzene rings is 2. The van der Waals surface area contributed by atoms with Crippen LogP contribution >= 0.6 is 0 Å². The highest BCUT2D eigenvalue weighted by Gasteiger charge is 2.38. The average molecular weight is 496 g/mol. The van der Waals surface area contributed by atoms with Crippen molar-refractivity contribution >= 4 is 17.5 Å². The number of carbonyl (C=O) groups excluding carboxylic acids is 2. The molecule has 0 unspecified atom stereocenters. The van der Waals surface area contributed by atoms with Crippen LogP contribution in [-0.2, 0) is 13.1 Å². The van der Waals surface area contributed by atoms with E-state index in [-0.39, 0.29) is 24.2 Å². The number of amides is 2. The highest BCUT2D eigenvalue weighted by Crippen LogP contribution is 2.33. The summed E-state index contributed by atoms with van der Waals surface area (Å²) in [6.45, 7) is 3.98. The third-order valence-electron chi connectivity index (χ3n) is 7.03. The molecular formula is C29H26FN5O2. The van der Waals surface area contributed by atoms with Crippen molar-refractivity contribution in [2.24, 2.45) is 0 Å². The Morgan fingerprint density at radius 1 is 0.811 bits per heavy atom. The maximum Gasteiger partial charge on any atom is 0.263 e. The van der Waals surface area contributed by atoms with Crippen LogP contribution in [-0.4, -0.2) is 57.3 Å². The summed E-state index contributed by atoms with van der Waals surface area (Å²) in [4.78, 5) is 36.7. The number of carbonyl (C=O) groups is 2. The number of anilines is 1. The third kappa shape index (κ3) is 4.40. The van der Waals surface area contributed by atoms with Gasteiger partial charge in [0.05, 0.1) is 23.4 Å². The molecule has 186 valence electrons. The summed E-state index contributed by atoms with van der Waals surface area (Å²) in [6, 6.07) is 21.5. The Hall–Kier alpha value is -4.30. The van der Waals surface area contributed by atoms with Gasteiger partial charge in [-0.3, -0.25) is 19.4 Å². The minimum absolute atomic E-state index is 0.0489. The van der Waals surface area contributed by atoms with Gasteiger partial charge in [0, 0.05) is 50.8 Å². The van der Waals surface area contributed by atoms with Crippen molar-refractivity contribution < 1.29 is 14.0 Å². The Kier molecular flexibility index (Phi) is 6.02. The smallest absolute Gasteiger partial charge is 0.263 e. The molecule has 1 saturated heterocycles. The highest BCUT2D eigenvalue weighted by molar-refractivity contribution is 6.23. The summed E-state index contributed by atoms with van der Waals surface area (Å²) in [6.07, 6.45) is 3.82. The first-order chi connectivity index (χ1) is 18.1. The fourth-order valence-corrected chi connectivity index (χ4v) is 5.18. The predicted octanol–water partition coefficient (Wildman–Crippen LogP) is 4.13. The van der Waals surface area contributed by atoms with E-state index < -0.39 is 0 Å². The van der Waals surface area contributed by atoms with E-state index >= 15 is 0 Å². The number of pyridine rings is 1. The van der Waals surface area contributed by atoms with E-state index in [2.05, 4.69) is 25.4 Å². The van der Waals surface area contributed by atoms with E-state index in [0.29, 0.717) is 16.7 Å². The normalized spacial score (nSPS) is 15.9. The number of fused-ring (bicyclic) bond motifs is 1. The summed E-state index contributed by atoms with van der Waals surface area (Å²) >= 11 is 0. The second-order valence-electron chi connectivity index (χ2n) is 9.35. The molecule has 8 heteroatoms. The van der Waals surface area contributed by atoms with E-state index in [1.807, 2.05) is 42.6 Å². The summed E-state index contributed by atoms with van der Waals surface area (Å²) in [5.74, 6) is -0.151. The molecule has 0 saturated carbocycles. The van der Waals surface area contributed by atoms with E-state index in [1.54, 1.807) is 24.4 Å². The Morgan fingerprint density at radius 3 is 2.43 bits per heavy atom. The molecule has 1 fully saturated rings. The first kappa shape index (κ1) is 23.1. The predicted molar refractivity (Wildman–Crippen MR) is 138 cm³/mol. The standard InChI is InChI=1S/C29H26FN5O2/c30-22-7-3-6-21(18-22)19-35-28(36)24-9-4-10-25(27(24)29(35)37)33-16-14-32(15-17-33)20-23-8-5-13-34(23)26-11-1-2-12-31-26/h1-13,18H,14-17,19-20H2. The molecule has 2 aliphatic rings. The van der Waals surface area contributed by atoms with Crippen molar-refractivity contribution in [1.29, 1.82) is 0 Å². The molecule has 0 bridgehead atoms. The summed E-state index contributed by atoms with van der Waals surface area (Å²) in [7, 11) is 0. The van der Waals surface area contributed by atoms with Crippen LogP contribution in [0.15, 0.2) is 85.2 Å². The molecule has 6 rings (SSSR count). The van der Waals surface area contributed by atoms with Gasteiger partial charge in [-0.05, 0) is 54.1 Å². The molecule has 2 aromatic carbocycles. The first-order valence-electron chi connectivity index (χ1n) is 12.4. The molecule has 37 heavy (non-hydrogen) atoms. The van der Waals surface area contributed by atoms with Crippen molar-refractivity contribution in [3.63, 3.8) is 0 Å². The number of hydrogen-bond donors (Lipinski definition) is 0. The average Bonchev–Trinajstić information content (AvgIpc) is 3.48. The zero-order valence-corrected chi connectivity index (χ0v) is 20.3. The van der Waals surface area contributed by atoms with Crippen LogP contribution in [0, 0.1) is 5.82 Å². The van der Waals surface area contributed by atoms with Crippen LogP contribution < -0.4 is 4.90 Å². The number of aromatic nitrogens is 2. The maximum atomic E-state index is 13.7. The lowest BCUT2D eigenvalue weighted by molar-refractivity contribution is 0.0642. The third-order valence-corrected chi connectivity index (χ3v) is 7.03. The van der Waals surface area contributed by atoms with Crippen molar-refractivity contribution in [1.82, 2.24) is 19.4 Å². The number of hydrogen-bond acceptors (Lipinski definition) is 5. The summed E-state index contributed by atoms with van der Waals surface area (Å²) in [5.41, 5.74) is 3.40. The second-order valence-corrected chi connectivity index (χ2v) is 9.35. The van der Waals surface area contributed by atoms with Crippen LogP contribution in [0.5, 0.6) is 0 Å². The number of nitrogens with zero attached hydrogens (tertiary/aromatic N) is 5. The van der Waals surface area contributed by atoms with Gasteiger partial charge in [-0.25, -0.2) is 9.37 Å². The molecular weight excluding hydrogens is 469 g/mol. The zero-order valence-electron chi connectivity index (χ0n) is 20.3. The summed E-state index contributed by atoms with van der Waals surface area (Å²) in [5, 5.41) is 0. The van der Waals surface area contributed by atoms with E-state index in [0.717, 1.165) is 44.2 Å². The quantitative estimate of drug-likeness (QED) is 0.377. The molecule has 0 aliphatic carbocycles. The maximum absolute atomic E-state index is 13.7. The van der Waals surface area contributed by atoms with Gasteiger partial charge in [-0.15, -0.1) is 0 Å². The number of halogens is 1. The van der Waals surface area contributed by atoms with Crippen molar-refractivity contribution in [3.8, 4) is 5.82 Å². The highest BCUT2D eigenvalue weighted by atomic mass is 19.1. The Bertz CT molecular complexity index is 1460. The van der Waals surface area contributed by atoms with Crippen LogP contribution in [0.3, 0.4) is 0 Å². The molecule has 4 aromatic rings. The minimum atomic E-state index is -0.389. The van der Waals surface area contributed by atoms with Gasteiger partial charge in [0.15, 0.2) is 0 Å². The SMILES string of the molecule is O=C1c2cccc(N3CCN(Cc4cccn4-c4ccccn4)CC3)c2C(=O)N1Cc1cccc(F)c1. The fourth-order valence-electron chi connectivity index (χ4n) is 5.18. The van der Waals surface area contributed by atoms with E-state index in [4.69, 9.17) is 0 Å². The largest absolute Gasteiger partial charge is 0.368 e. The summed E-state index contributed by atoms with van der Waals surface area (Å²) < 4.78 is 15.8. The van der Waals surface area contributed by atoms with Crippen LogP contribution in [0.2, 0.25) is 0 Å². The number of rotatable bonds is 6. The topological polar surface area (TPSA) is 61.7 Å². The van der Waals surface area contributed by atoms with Crippen molar-refractivity contribution in [3.05, 3.63) is 113 Å². The Labute approximate surface area is 214 Å². The fraction of sp³-hybridized carbons (Fsp3) is 0.207. The molecule has 0 atom stereocenters. The molecule has 2 aromatic heterocycles. The van der Waals surface area contributed by atoms with Gasteiger partial charge in [0.1, 0.15) is 11.6 Å². The van der Waals surface area contributed by atoms with Gasteiger partial charge >= 0.3 is 0 Å². The van der Waals surface area contributed by atoms with Gasteiger partial charge < -0.3 is 9.47 Å². The lowest BCUT2D eigenvalue weighted by Crippen LogP contribution is -2.46. The second kappa shape index (κ2) is 9.63. The molecule has 4 heterocycles. The zero-order chi connectivity index (χ0) is 25.4. The molecule has 0 N–H and O–H groups in total. The number of piperazine rings is 1. The lowest BCUT2D eigenvalue weighted by atomic mass is 10.1. The van der Waals surface area contributed by atoms with Crippen LogP contribution in [0.1, 0.15) is 32.0 Å². The van der Waals surface area contributed by atoms with E-state index in [9.17, 15) is 14.0 Å². The Morgan fingerprint density at radius 2 is 1.65 bits per heavy atom. The molecule has 0 radical (unpaired) electrons. The number of imide groups is 1. The monoisotopic (exact) mass is 495 g/mol. The molecule has 2 aliphatic heterocycles. The molecule has 2 amide bonds. The molecule has 7 nitrogen and oxygen atoms in total. The van der Waals surface area contributed by atoms with E-state index in [1.165, 1.54) is 22.7 Å². The van der Waals surface area contributed by atoms with Gasteiger partial charge in [-0.2, -0.15) is 0 Å². The van der Waals surface area contributed by atoms with Gasteiger partial charge in [0.2, 0.25) is 0 Å². The first-order valence-corrected chi connectivity index (χ1v) is 12.4. The van der Waals surface area contributed by atoms with Crippen LogP contribution in [0.25, 0.3) is 5.82 Å². The molecule has 0 spiro atoms. The van der Waals surface area contributed by atoms with Gasteiger partial charge in [-0.1, -0.05) is 24.3 Å². The van der Waals surface area contributed by atoms with Crippen molar-refractivity contribution in [2.75, 3.05) is 31.1 Å². The Balaban J connectivity index is 1.16. The lowest BCUT2D eigenvalue weighted by Gasteiger charge is -2.36. The van der Waals surface area contributed by atoms with Gasteiger partial charge in [0.25, 0.3) is 11.8 Å². The van der Waals surface area contributed by atoms with Crippen molar-refractivity contribution in [2.45, 2.75) is 13.1 Å². The minimum Gasteiger partial charge on any atom is -0.368 e.